The van der Waals surface area contributed by atoms with E-state index in [4.69, 9.17) is 4.74 Å². The number of rotatable bonds is 5. The van der Waals surface area contributed by atoms with E-state index < -0.39 is 0 Å². The van der Waals surface area contributed by atoms with Gasteiger partial charge in [-0.1, -0.05) is 13.8 Å². The van der Waals surface area contributed by atoms with Crippen molar-refractivity contribution in [1.82, 2.24) is 14.8 Å². The topological polar surface area (TPSA) is 57.0 Å². The van der Waals surface area contributed by atoms with Gasteiger partial charge >= 0.3 is 5.97 Å². The maximum absolute atomic E-state index is 11.8. The van der Waals surface area contributed by atoms with Gasteiger partial charge in [0.1, 0.15) is 0 Å². The molecule has 0 aliphatic carbocycles. The predicted octanol–water partition coefficient (Wildman–Crippen LogP) is 2.40. The second-order valence-corrected chi connectivity index (χ2v) is 5.52. The van der Waals surface area contributed by atoms with Gasteiger partial charge in [0.15, 0.2) is 5.69 Å². The molecule has 0 unspecified atom stereocenters. The van der Waals surface area contributed by atoms with Crippen molar-refractivity contribution in [3.8, 4) is 0 Å². The Morgan fingerprint density at radius 2 is 2.32 bits per heavy atom. The number of thiazole rings is 1. The van der Waals surface area contributed by atoms with Gasteiger partial charge < -0.3 is 4.74 Å². The highest BCUT2D eigenvalue weighted by atomic mass is 32.1. The van der Waals surface area contributed by atoms with E-state index in [9.17, 15) is 4.79 Å². The molecule has 2 aromatic rings. The molecule has 2 rings (SSSR count). The van der Waals surface area contributed by atoms with Gasteiger partial charge in [-0.2, -0.15) is 5.10 Å². The minimum absolute atomic E-state index is 0.335. The van der Waals surface area contributed by atoms with Gasteiger partial charge in [-0.15, -0.1) is 11.3 Å². The first kappa shape index (κ1) is 13.7. The number of aryl methyl sites for hydroxylation is 1. The van der Waals surface area contributed by atoms with Crippen molar-refractivity contribution in [2.45, 2.75) is 26.2 Å². The molecule has 0 amide bonds. The summed E-state index contributed by atoms with van der Waals surface area (Å²) in [5.74, 6) is -0.0195. The average Bonchev–Trinajstić information content (AvgIpc) is 2.98. The lowest BCUT2D eigenvalue weighted by Gasteiger charge is -2.01. The van der Waals surface area contributed by atoms with E-state index in [0.717, 1.165) is 10.6 Å². The Hall–Kier alpha value is -1.69. The van der Waals surface area contributed by atoms with Crippen LogP contribution < -0.4 is 0 Å². The summed E-state index contributed by atoms with van der Waals surface area (Å²) in [6.45, 7) is 4.45. The molecule has 0 aromatic carbocycles. The Morgan fingerprint density at radius 1 is 1.53 bits per heavy atom. The molecule has 0 fully saturated rings. The lowest BCUT2D eigenvalue weighted by atomic mass is 10.2. The van der Waals surface area contributed by atoms with E-state index in [1.807, 2.05) is 13.2 Å². The van der Waals surface area contributed by atoms with Crippen molar-refractivity contribution >= 4 is 17.3 Å². The van der Waals surface area contributed by atoms with Crippen LogP contribution in [0.1, 0.15) is 40.8 Å². The molecule has 2 heterocycles. The van der Waals surface area contributed by atoms with E-state index in [2.05, 4.69) is 23.9 Å². The highest BCUT2D eigenvalue weighted by molar-refractivity contribution is 7.09. The van der Waals surface area contributed by atoms with Crippen molar-refractivity contribution in [1.29, 1.82) is 0 Å². The summed E-state index contributed by atoms with van der Waals surface area (Å²) in [6, 6.07) is 0. The number of esters is 1. The SMILES string of the molecule is CC(C)c1nc(C(=O)OCCc2cnn(C)c2)cs1. The molecule has 5 nitrogen and oxygen atoms in total. The predicted molar refractivity (Wildman–Crippen MR) is 73.4 cm³/mol. The molecule has 0 atom stereocenters. The molecule has 0 saturated heterocycles. The van der Waals surface area contributed by atoms with Crippen molar-refractivity contribution in [3.63, 3.8) is 0 Å². The van der Waals surface area contributed by atoms with Crippen molar-refractivity contribution in [2.75, 3.05) is 6.61 Å². The van der Waals surface area contributed by atoms with Gasteiger partial charge in [-0.05, 0) is 5.56 Å². The smallest absolute Gasteiger partial charge is 0.357 e. The van der Waals surface area contributed by atoms with Crippen LogP contribution in [0.5, 0.6) is 0 Å². The maximum atomic E-state index is 11.8. The summed E-state index contributed by atoms with van der Waals surface area (Å²) >= 11 is 1.49. The molecule has 0 saturated carbocycles. The van der Waals surface area contributed by atoms with E-state index in [0.29, 0.717) is 24.6 Å². The second-order valence-electron chi connectivity index (χ2n) is 4.63. The Labute approximate surface area is 116 Å². The highest BCUT2D eigenvalue weighted by Crippen LogP contribution is 2.19. The van der Waals surface area contributed by atoms with Crippen LogP contribution >= 0.6 is 11.3 Å². The van der Waals surface area contributed by atoms with Crippen molar-refractivity contribution in [2.24, 2.45) is 7.05 Å². The Kier molecular flexibility index (Phi) is 4.31. The lowest BCUT2D eigenvalue weighted by Crippen LogP contribution is -2.08. The standard InChI is InChI=1S/C13H17N3O2S/c1-9(2)12-15-11(8-19-12)13(17)18-5-4-10-6-14-16(3)7-10/h6-9H,4-5H2,1-3H3. The first-order valence-electron chi connectivity index (χ1n) is 6.16. The van der Waals surface area contributed by atoms with Gasteiger partial charge in [0.25, 0.3) is 0 Å². The Balaban J connectivity index is 1.83. The van der Waals surface area contributed by atoms with Crippen LogP contribution in [0.4, 0.5) is 0 Å². The van der Waals surface area contributed by atoms with Gasteiger partial charge in [0.2, 0.25) is 0 Å². The van der Waals surface area contributed by atoms with Gasteiger partial charge in [0.05, 0.1) is 17.8 Å². The summed E-state index contributed by atoms with van der Waals surface area (Å²) in [5.41, 5.74) is 1.45. The zero-order valence-corrected chi connectivity index (χ0v) is 12.1. The molecule has 6 heteroatoms. The summed E-state index contributed by atoms with van der Waals surface area (Å²) in [6.07, 6.45) is 4.35. The first-order chi connectivity index (χ1) is 9.06. The van der Waals surface area contributed by atoms with Crippen LogP contribution in [-0.4, -0.2) is 27.3 Å². The summed E-state index contributed by atoms with van der Waals surface area (Å²) < 4.78 is 6.93. The van der Waals surface area contributed by atoms with Crippen molar-refractivity contribution in [3.05, 3.63) is 34.0 Å². The summed E-state index contributed by atoms with van der Waals surface area (Å²) in [4.78, 5) is 16.0. The molecule has 0 N–H and O–H groups in total. The van der Waals surface area contributed by atoms with Crippen molar-refractivity contribution < 1.29 is 9.53 Å². The fourth-order valence-corrected chi connectivity index (χ4v) is 2.39. The third kappa shape index (κ3) is 3.64. The number of carbonyl (C=O) groups excluding carboxylic acids is 1. The van der Waals surface area contributed by atoms with E-state index in [1.165, 1.54) is 11.3 Å². The van der Waals surface area contributed by atoms with E-state index >= 15 is 0 Å². The molecule has 0 spiro atoms. The zero-order valence-electron chi connectivity index (χ0n) is 11.3. The third-order valence-electron chi connectivity index (χ3n) is 2.61. The van der Waals surface area contributed by atoms with E-state index in [1.54, 1.807) is 16.3 Å². The largest absolute Gasteiger partial charge is 0.461 e. The fraction of sp³-hybridized carbons (Fsp3) is 0.462. The number of hydrogen-bond acceptors (Lipinski definition) is 5. The quantitative estimate of drug-likeness (QED) is 0.789. The van der Waals surface area contributed by atoms with E-state index in [-0.39, 0.29) is 5.97 Å². The molecule has 0 aliphatic rings. The van der Waals surface area contributed by atoms with Gasteiger partial charge in [-0.25, -0.2) is 9.78 Å². The van der Waals surface area contributed by atoms with Crippen LogP contribution in [-0.2, 0) is 18.2 Å². The molecule has 0 bridgehead atoms. The molecule has 102 valence electrons. The number of carbonyl (C=O) groups is 1. The van der Waals surface area contributed by atoms with Crippen LogP contribution in [0, 0.1) is 0 Å². The first-order valence-corrected chi connectivity index (χ1v) is 7.04. The normalized spacial score (nSPS) is 10.9. The number of nitrogens with zero attached hydrogens (tertiary/aromatic N) is 3. The van der Waals surface area contributed by atoms with Gasteiger partial charge in [-0.3, -0.25) is 4.68 Å². The van der Waals surface area contributed by atoms with Crippen LogP contribution in [0.15, 0.2) is 17.8 Å². The summed E-state index contributed by atoms with van der Waals surface area (Å²) in [7, 11) is 1.86. The lowest BCUT2D eigenvalue weighted by molar-refractivity contribution is 0.0503. The highest BCUT2D eigenvalue weighted by Gasteiger charge is 2.13. The number of hydrogen-bond donors (Lipinski definition) is 0. The second kappa shape index (κ2) is 5.97. The zero-order chi connectivity index (χ0) is 13.8. The van der Waals surface area contributed by atoms with Crippen LogP contribution in [0.3, 0.4) is 0 Å². The minimum Gasteiger partial charge on any atom is -0.461 e. The monoisotopic (exact) mass is 279 g/mol. The number of ether oxygens (including phenoxy) is 1. The Morgan fingerprint density at radius 3 is 2.89 bits per heavy atom. The molecule has 0 aliphatic heterocycles. The van der Waals surface area contributed by atoms with Gasteiger partial charge in [0, 0.05) is 31.0 Å². The average molecular weight is 279 g/mol. The van der Waals surface area contributed by atoms with Crippen LogP contribution in [0.2, 0.25) is 0 Å². The maximum Gasteiger partial charge on any atom is 0.357 e. The third-order valence-corrected chi connectivity index (χ3v) is 3.75. The Bertz CT molecular complexity index is 560. The van der Waals surface area contributed by atoms with Crippen LogP contribution in [0.25, 0.3) is 0 Å². The minimum atomic E-state index is -0.355. The summed E-state index contributed by atoms with van der Waals surface area (Å²) in [5, 5.41) is 6.77. The fourth-order valence-electron chi connectivity index (χ4n) is 1.58. The molecule has 19 heavy (non-hydrogen) atoms. The molecular formula is C13H17N3O2S. The molecular weight excluding hydrogens is 262 g/mol. The molecule has 2 aromatic heterocycles. The molecule has 0 radical (unpaired) electrons. The number of aromatic nitrogens is 3.